The van der Waals surface area contributed by atoms with Crippen molar-refractivity contribution in [3.63, 3.8) is 0 Å². The Hall–Kier alpha value is -3.15. The molecule has 0 saturated heterocycles. The zero-order valence-corrected chi connectivity index (χ0v) is 13.1. The second-order valence-electron chi connectivity index (χ2n) is 5.41. The van der Waals surface area contributed by atoms with Crippen molar-refractivity contribution >= 4 is 28.8 Å². The topological polar surface area (TPSA) is 86.9 Å². The first-order valence-electron chi connectivity index (χ1n) is 7.76. The fourth-order valence-corrected chi connectivity index (χ4v) is 2.37. The van der Waals surface area contributed by atoms with Gasteiger partial charge in [-0.15, -0.1) is 0 Å². The average Bonchev–Trinajstić information content (AvgIpc) is 2.97. The Morgan fingerprint density at radius 1 is 0.958 bits per heavy atom. The van der Waals surface area contributed by atoms with Crippen LogP contribution in [0.3, 0.4) is 0 Å². The van der Waals surface area contributed by atoms with E-state index >= 15 is 0 Å². The number of fused-ring (bicyclic) bond motifs is 1. The second-order valence-corrected chi connectivity index (χ2v) is 5.41. The highest BCUT2D eigenvalue weighted by atomic mass is 16.2. The third-order valence-corrected chi connectivity index (χ3v) is 3.53. The molecule has 3 rings (SSSR count). The Bertz CT molecular complexity index is 809. The Balaban J connectivity index is 1.43. The molecule has 2 amide bonds. The molecule has 0 aliphatic heterocycles. The van der Waals surface area contributed by atoms with E-state index in [0.29, 0.717) is 12.4 Å². The van der Waals surface area contributed by atoms with E-state index in [9.17, 15) is 9.59 Å². The molecular weight excluding hydrogens is 304 g/mol. The van der Waals surface area contributed by atoms with E-state index in [4.69, 9.17) is 0 Å². The molecule has 3 aromatic rings. The molecule has 1 heterocycles. The minimum atomic E-state index is -0.200. The Morgan fingerprint density at radius 2 is 1.71 bits per heavy atom. The van der Waals surface area contributed by atoms with Gasteiger partial charge >= 0.3 is 0 Å². The van der Waals surface area contributed by atoms with Crippen LogP contribution in [-0.4, -0.2) is 28.3 Å². The van der Waals surface area contributed by atoms with E-state index in [1.807, 2.05) is 54.6 Å². The predicted octanol–water partition coefficient (Wildman–Crippen LogP) is 2.25. The number of hydrogen-bond acceptors (Lipinski definition) is 3. The molecule has 0 spiro atoms. The van der Waals surface area contributed by atoms with Crippen LogP contribution in [0.2, 0.25) is 0 Å². The van der Waals surface area contributed by atoms with Gasteiger partial charge in [0.15, 0.2) is 0 Å². The second kappa shape index (κ2) is 7.41. The van der Waals surface area contributed by atoms with E-state index in [-0.39, 0.29) is 24.8 Å². The maximum Gasteiger partial charge on any atom is 0.228 e. The van der Waals surface area contributed by atoms with Crippen LogP contribution < -0.4 is 10.6 Å². The van der Waals surface area contributed by atoms with Crippen LogP contribution in [0, 0.1) is 0 Å². The summed E-state index contributed by atoms with van der Waals surface area (Å²) < 4.78 is 0. The van der Waals surface area contributed by atoms with Crippen LogP contribution in [0.4, 0.5) is 5.95 Å². The molecule has 0 aliphatic rings. The minimum absolute atomic E-state index is 0.0993. The Morgan fingerprint density at radius 3 is 2.50 bits per heavy atom. The lowest BCUT2D eigenvalue weighted by atomic mass is 10.1. The SMILES string of the molecule is O=C(Cc1ccccc1)NCCC(=O)Nc1nc2ccccc2[nH]1. The van der Waals surface area contributed by atoms with Gasteiger partial charge in [0, 0.05) is 13.0 Å². The normalized spacial score (nSPS) is 10.5. The van der Waals surface area contributed by atoms with Crippen LogP contribution in [-0.2, 0) is 16.0 Å². The number of imidazole rings is 1. The number of aromatic amines is 1. The molecule has 0 saturated carbocycles. The van der Waals surface area contributed by atoms with Gasteiger partial charge in [0.1, 0.15) is 0 Å². The lowest BCUT2D eigenvalue weighted by Crippen LogP contribution is -2.29. The number of nitrogens with zero attached hydrogens (tertiary/aromatic N) is 1. The quantitative estimate of drug-likeness (QED) is 0.650. The van der Waals surface area contributed by atoms with Crippen molar-refractivity contribution in [3.8, 4) is 0 Å². The lowest BCUT2D eigenvalue weighted by molar-refractivity contribution is -0.120. The summed E-state index contributed by atoms with van der Waals surface area (Å²) >= 11 is 0. The highest BCUT2D eigenvalue weighted by Crippen LogP contribution is 2.13. The van der Waals surface area contributed by atoms with Gasteiger partial charge in [-0.25, -0.2) is 4.98 Å². The molecular formula is C18H18N4O2. The van der Waals surface area contributed by atoms with Gasteiger partial charge in [-0.2, -0.15) is 0 Å². The van der Waals surface area contributed by atoms with Gasteiger partial charge in [-0.1, -0.05) is 42.5 Å². The van der Waals surface area contributed by atoms with E-state index in [1.165, 1.54) is 0 Å². The molecule has 6 heteroatoms. The summed E-state index contributed by atoms with van der Waals surface area (Å²) in [5.41, 5.74) is 2.61. The zero-order chi connectivity index (χ0) is 16.8. The number of hydrogen-bond donors (Lipinski definition) is 3. The summed E-state index contributed by atoms with van der Waals surface area (Å²) in [7, 11) is 0. The molecule has 0 bridgehead atoms. The number of carbonyl (C=O) groups excluding carboxylic acids is 2. The van der Waals surface area contributed by atoms with Crippen LogP contribution in [0.5, 0.6) is 0 Å². The molecule has 2 aromatic carbocycles. The summed E-state index contributed by atoms with van der Waals surface area (Å²) in [4.78, 5) is 31.0. The van der Waals surface area contributed by atoms with Gasteiger partial charge in [-0.3, -0.25) is 14.9 Å². The van der Waals surface area contributed by atoms with Gasteiger partial charge in [0.05, 0.1) is 17.5 Å². The molecule has 6 nitrogen and oxygen atoms in total. The molecule has 0 unspecified atom stereocenters. The Kier molecular flexibility index (Phi) is 4.86. The molecule has 3 N–H and O–H groups in total. The van der Waals surface area contributed by atoms with Crippen LogP contribution in [0.15, 0.2) is 54.6 Å². The number of amides is 2. The number of para-hydroxylation sites is 2. The number of H-pyrrole nitrogens is 1. The summed E-state index contributed by atoms with van der Waals surface area (Å²) in [6, 6.07) is 17.0. The number of benzene rings is 2. The molecule has 1 aromatic heterocycles. The third kappa shape index (κ3) is 4.19. The number of anilines is 1. The first-order valence-corrected chi connectivity index (χ1v) is 7.76. The summed E-state index contributed by atoms with van der Waals surface area (Å²) in [6.45, 7) is 0.289. The van der Waals surface area contributed by atoms with Crippen molar-refractivity contribution in [2.24, 2.45) is 0 Å². The summed E-state index contributed by atoms with van der Waals surface area (Å²) in [5, 5.41) is 5.44. The monoisotopic (exact) mass is 322 g/mol. The molecule has 0 radical (unpaired) electrons. The predicted molar refractivity (Wildman–Crippen MR) is 92.5 cm³/mol. The van der Waals surface area contributed by atoms with Gasteiger partial charge in [0.2, 0.25) is 17.8 Å². The van der Waals surface area contributed by atoms with Crippen molar-refractivity contribution in [1.29, 1.82) is 0 Å². The van der Waals surface area contributed by atoms with E-state index < -0.39 is 0 Å². The molecule has 122 valence electrons. The van der Waals surface area contributed by atoms with Crippen molar-refractivity contribution < 1.29 is 9.59 Å². The van der Waals surface area contributed by atoms with Crippen LogP contribution >= 0.6 is 0 Å². The molecule has 24 heavy (non-hydrogen) atoms. The number of rotatable bonds is 6. The number of aromatic nitrogens is 2. The highest BCUT2D eigenvalue weighted by molar-refractivity contribution is 5.91. The Labute approximate surface area is 139 Å². The number of carbonyl (C=O) groups is 2. The minimum Gasteiger partial charge on any atom is -0.355 e. The van der Waals surface area contributed by atoms with E-state index in [0.717, 1.165) is 16.6 Å². The average molecular weight is 322 g/mol. The fourth-order valence-electron chi connectivity index (χ4n) is 2.37. The molecule has 0 aliphatic carbocycles. The molecule has 0 fully saturated rings. The van der Waals surface area contributed by atoms with Crippen LogP contribution in [0.25, 0.3) is 11.0 Å². The first kappa shape index (κ1) is 15.7. The highest BCUT2D eigenvalue weighted by Gasteiger charge is 2.08. The number of nitrogens with one attached hydrogen (secondary N) is 3. The summed E-state index contributed by atoms with van der Waals surface area (Å²) in [6.07, 6.45) is 0.504. The maximum atomic E-state index is 11.9. The van der Waals surface area contributed by atoms with Crippen LogP contribution in [0.1, 0.15) is 12.0 Å². The maximum absolute atomic E-state index is 11.9. The van der Waals surface area contributed by atoms with Crippen molar-refractivity contribution in [3.05, 3.63) is 60.2 Å². The van der Waals surface area contributed by atoms with Crippen molar-refractivity contribution in [2.45, 2.75) is 12.8 Å². The first-order chi connectivity index (χ1) is 11.7. The van der Waals surface area contributed by atoms with Gasteiger partial charge in [0.25, 0.3) is 0 Å². The fraction of sp³-hybridized carbons (Fsp3) is 0.167. The van der Waals surface area contributed by atoms with E-state index in [2.05, 4.69) is 20.6 Å². The molecule has 0 atom stereocenters. The van der Waals surface area contributed by atoms with Gasteiger partial charge in [-0.05, 0) is 17.7 Å². The third-order valence-electron chi connectivity index (χ3n) is 3.53. The zero-order valence-electron chi connectivity index (χ0n) is 13.1. The summed E-state index contributed by atoms with van der Waals surface area (Å²) in [5.74, 6) is 0.114. The van der Waals surface area contributed by atoms with E-state index in [1.54, 1.807) is 0 Å². The van der Waals surface area contributed by atoms with Crippen molar-refractivity contribution in [2.75, 3.05) is 11.9 Å². The van der Waals surface area contributed by atoms with Gasteiger partial charge < -0.3 is 10.3 Å². The lowest BCUT2D eigenvalue weighted by Gasteiger charge is -2.05. The van der Waals surface area contributed by atoms with Crippen molar-refractivity contribution in [1.82, 2.24) is 15.3 Å². The largest absolute Gasteiger partial charge is 0.355 e. The standard InChI is InChI=1S/C18H18N4O2/c23-16(22-18-20-14-8-4-5-9-15(14)21-18)10-11-19-17(24)12-13-6-2-1-3-7-13/h1-9H,10-12H2,(H,19,24)(H2,20,21,22,23). The smallest absolute Gasteiger partial charge is 0.228 e.